The Balaban J connectivity index is 2.43. The molecule has 0 radical (unpaired) electrons. The Morgan fingerprint density at radius 3 is 2.50 bits per heavy atom. The fourth-order valence-corrected chi connectivity index (χ4v) is 2.22. The van der Waals surface area contributed by atoms with Crippen LogP contribution in [0.25, 0.3) is 10.9 Å². The molecule has 0 saturated carbocycles. The average molecular weight is 302 g/mol. The number of carbonyl (C=O) groups is 2. The zero-order valence-electron chi connectivity index (χ0n) is 12.7. The number of para-hydroxylation sites is 1. The highest BCUT2D eigenvalue weighted by atomic mass is 16.4. The van der Waals surface area contributed by atoms with Crippen LogP contribution >= 0.6 is 0 Å². The number of fused-ring (bicyclic) bond motifs is 1. The molecule has 0 aliphatic rings. The summed E-state index contributed by atoms with van der Waals surface area (Å²) in [5.41, 5.74) is 0.616. The Labute approximate surface area is 127 Å². The molecule has 22 heavy (non-hydrogen) atoms. The summed E-state index contributed by atoms with van der Waals surface area (Å²) in [4.78, 5) is 35.3. The molecule has 1 amide bonds. The number of carboxylic acids is 1. The van der Waals surface area contributed by atoms with Crippen molar-refractivity contribution in [3.8, 4) is 0 Å². The number of pyridine rings is 1. The van der Waals surface area contributed by atoms with E-state index in [0.29, 0.717) is 10.9 Å². The second kappa shape index (κ2) is 6.01. The van der Waals surface area contributed by atoms with Crippen LogP contribution < -0.4 is 10.9 Å². The molecule has 2 unspecified atom stereocenters. The lowest BCUT2D eigenvalue weighted by Crippen LogP contribution is -2.40. The van der Waals surface area contributed by atoms with Gasteiger partial charge in [-0.2, -0.15) is 0 Å². The van der Waals surface area contributed by atoms with Crippen LogP contribution in [0, 0.1) is 5.92 Å². The number of nitrogens with zero attached hydrogens (tertiary/aromatic N) is 1. The molecule has 6 heteroatoms. The third-order valence-corrected chi connectivity index (χ3v) is 3.90. The second-order valence-electron chi connectivity index (χ2n) is 5.36. The van der Waals surface area contributed by atoms with Gasteiger partial charge in [-0.25, -0.2) is 0 Å². The maximum atomic E-state index is 12.4. The third-order valence-electron chi connectivity index (χ3n) is 3.90. The van der Waals surface area contributed by atoms with Crippen LogP contribution in [0.3, 0.4) is 0 Å². The first-order chi connectivity index (χ1) is 10.3. The van der Waals surface area contributed by atoms with Crippen LogP contribution in [-0.2, 0) is 11.8 Å². The molecule has 116 valence electrons. The summed E-state index contributed by atoms with van der Waals surface area (Å²) in [6, 6.07) is 7.82. The maximum Gasteiger partial charge on any atom is 0.308 e. The number of amides is 1. The molecule has 0 bridgehead atoms. The third kappa shape index (κ3) is 2.86. The highest BCUT2D eigenvalue weighted by Crippen LogP contribution is 2.16. The van der Waals surface area contributed by atoms with Crippen molar-refractivity contribution in [1.29, 1.82) is 0 Å². The van der Waals surface area contributed by atoms with E-state index in [2.05, 4.69) is 5.32 Å². The molecule has 2 aromatic rings. The number of aromatic nitrogens is 1. The van der Waals surface area contributed by atoms with Crippen LogP contribution in [0.15, 0.2) is 35.1 Å². The lowest BCUT2D eigenvalue weighted by Gasteiger charge is -2.18. The molecule has 1 aromatic heterocycles. The van der Waals surface area contributed by atoms with E-state index in [9.17, 15) is 14.4 Å². The highest BCUT2D eigenvalue weighted by Gasteiger charge is 2.22. The van der Waals surface area contributed by atoms with Crippen LogP contribution in [0.2, 0.25) is 0 Å². The predicted molar refractivity (Wildman–Crippen MR) is 82.9 cm³/mol. The van der Waals surface area contributed by atoms with Crippen molar-refractivity contribution in [1.82, 2.24) is 9.88 Å². The Hall–Kier alpha value is -2.63. The molecule has 1 heterocycles. The minimum atomic E-state index is -0.985. The van der Waals surface area contributed by atoms with Crippen LogP contribution in [0.5, 0.6) is 0 Å². The number of benzene rings is 1. The van der Waals surface area contributed by atoms with E-state index < -0.39 is 23.8 Å². The van der Waals surface area contributed by atoms with Crippen molar-refractivity contribution < 1.29 is 14.7 Å². The van der Waals surface area contributed by atoms with Crippen molar-refractivity contribution in [2.75, 3.05) is 0 Å². The van der Waals surface area contributed by atoms with E-state index in [1.54, 1.807) is 38.2 Å². The summed E-state index contributed by atoms with van der Waals surface area (Å²) in [5.74, 6) is -2.15. The number of nitrogens with one attached hydrogen (secondary N) is 1. The first-order valence-corrected chi connectivity index (χ1v) is 6.95. The summed E-state index contributed by atoms with van der Waals surface area (Å²) < 4.78 is 1.47. The summed E-state index contributed by atoms with van der Waals surface area (Å²) in [7, 11) is 1.64. The minimum absolute atomic E-state index is 0.253. The monoisotopic (exact) mass is 302 g/mol. The van der Waals surface area contributed by atoms with Crippen LogP contribution in [0.1, 0.15) is 24.2 Å². The van der Waals surface area contributed by atoms with Gasteiger partial charge in [0.05, 0.1) is 17.0 Å². The Morgan fingerprint density at radius 2 is 1.86 bits per heavy atom. The largest absolute Gasteiger partial charge is 0.481 e. The number of carbonyl (C=O) groups excluding carboxylic acids is 1. The molecule has 2 rings (SSSR count). The standard InChI is InChI=1S/C16H18N2O4/c1-9(16(21)22)10(2)17-15(20)12-8-14(19)18(3)13-7-5-4-6-11(12)13/h4-10H,1-3H3,(H,17,20)(H,21,22). The van der Waals surface area contributed by atoms with Crippen molar-refractivity contribution >= 4 is 22.8 Å². The quantitative estimate of drug-likeness (QED) is 0.893. The molecular weight excluding hydrogens is 284 g/mol. The van der Waals surface area contributed by atoms with Gasteiger partial charge in [0, 0.05) is 24.5 Å². The molecule has 2 N–H and O–H groups in total. The van der Waals surface area contributed by atoms with E-state index in [-0.39, 0.29) is 11.1 Å². The van der Waals surface area contributed by atoms with Gasteiger partial charge in [0.25, 0.3) is 11.5 Å². The fraction of sp³-hybridized carbons (Fsp3) is 0.312. The first-order valence-electron chi connectivity index (χ1n) is 6.95. The molecule has 0 aliphatic heterocycles. The van der Waals surface area contributed by atoms with E-state index in [1.165, 1.54) is 17.6 Å². The molecule has 0 saturated heterocycles. The van der Waals surface area contributed by atoms with Gasteiger partial charge >= 0.3 is 5.97 Å². The number of rotatable bonds is 4. The minimum Gasteiger partial charge on any atom is -0.481 e. The number of hydrogen-bond donors (Lipinski definition) is 2. The number of aliphatic carboxylic acids is 1. The molecule has 0 aliphatic carbocycles. The molecule has 2 atom stereocenters. The number of carboxylic acid groups (broad SMARTS) is 1. The van der Waals surface area contributed by atoms with Crippen molar-refractivity contribution in [3.63, 3.8) is 0 Å². The fourth-order valence-electron chi connectivity index (χ4n) is 2.22. The number of aryl methyl sites for hydroxylation is 1. The molecule has 0 spiro atoms. The Morgan fingerprint density at radius 1 is 1.23 bits per heavy atom. The van der Waals surface area contributed by atoms with E-state index >= 15 is 0 Å². The van der Waals surface area contributed by atoms with Crippen LogP contribution in [-0.4, -0.2) is 27.6 Å². The summed E-state index contributed by atoms with van der Waals surface area (Å²) >= 11 is 0. The second-order valence-corrected chi connectivity index (χ2v) is 5.36. The lowest BCUT2D eigenvalue weighted by atomic mass is 10.0. The SMILES string of the molecule is CC(NC(=O)c1cc(=O)n(C)c2ccccc12)C(C)C(=O)O. The van der Waals surface area contributed by atoms with Gasteiger partial charge in [0.2, 0.25) is 0 Å². The van der Waals surface area contributed by atoms with E-state index in [0.717, 1.165) is 0 Å². The summed E-state index contributed by atoms with van der Waals surface area (Å²) in [6.45, 7) is 3.15. The smallest absolute Gasteiger partial charge is 0.308 e. The zero-order chi connectivity index (χ0) is 16.4. The summed E-state index contributed by atoms with van der Waals surface area (Å²) in [5, 5.41) is 12.3. The van der Waals surface area contributed by atoms with Gasteiger partial charge in [-0.15, -0.1) is 0 Å². The zero-order valence-corrected chi connectivity index (χ0v) is 12.7. The highest BCUT2D eigenvalue weighted by molar-refractivity contribution is 6.06. The summed E-state index contributed by atoms with van der Waals surface area (Å²) in [6.07, 6.45) is 0. The maximum absolute atomic E-state index is 12.4. The van der Waals surface area contributed by atoms with Gasteiger partial charge < -0.3 is 15.0 Å². The van der Waals surface area contributed by atoms with Crippen molar-refractivity contribution in [3.05, 3.63) is 46.2 Å². The predicted octanol–water partition coefficient (Wildman–Crippen LogP) is 1.38. The lowest BCUT2D eigenvalue weighted by molar-refractivity contribution is -0.141. The van der Waals surface area contributed by atoms with Gasteiger partial charge in [0.15, 0.2) is 0 Å². The van der Waals surface area contributed by atoms with Gasteiger partial charge in [0.1, 0.15) is 0 Å². The van der Waals surface area contributed by atoms with Crippen molar-refractivity contribution in [2.24, 2.45) is 13.0 Å². The van der Waals surface area contributed by atoms with Crippen LogP contribution in [0.4, 0.5) is 0 Å². The molecule has 0 fully saturated rings. The Kier molecular flexibility index (Phi) is 4.30. The topological polar surface area (TPSA) is 88.4 Å². The molecule has 1 aromatic carbocycles. The number of hydrogen-bond acceptors (Lipinski definition) is 3. The molecular formula is C16H18N2O4. The van der Waals surface area contributed by atoms with Gasteiger partial charge in [-0.05, 0) is 19.9 Å². The first kappa shape index (κ1) is 15.8. The molecule has 6 nitrogen and oxygen atoms in total. The normalized spacial score (nSPS) is 13.6. The average Bonchev–Trinajstić information content (AvgIpc) is 2.49. The van der Waals surface area contributed by atoms with Gasteiger partial charge in [-0.1, -0.05) is 18.2 Å². The van der Waals surface area contributed by atoms with Crippen molar-refractivity contribution in [2.45, 2.75) is 19.9 Å². The van der Waals surface area contributed by atoms with E-state index in [4.69, 9.17) is 5.11 Å². The van der Waals surface area contributed by atoms with Gasteiger partial charge in [-0.3, -0.25) is 14.4 Å². The Bertz CT molecular complexity index is 794. The van der Waals surface area contributed by atoms with E-state index in [1.807, 2.05) is 0 Å².